The van der Waals surface area contributed by atoms with Crippen LogP contribution in [0.5, 0.6) is 23.0 Å². The van der Waals surface area contributed by atoms with Crippen LogP contribution in [-0.4, -0.2) is 55.1 Å². The summed E-state index contributed by atoms with van der Waals surface area (Å²) in [6.45, 7) is 26.0. The minimum absolute atomic E-state index is 0.162. The van der Waals surface area contributed by atoms with Crippen molar-refractivity contribution in [3.63, 3.8) is 0 Å². The maximum atomic E-state index is 14.6. The Balaban J connectivity index is 0.978. The minimum atomic E-state index is -1.16. The van der Waals surface area contributed by atoms with Gasteiger partial charge in [-0.3, -0.25) is 0 Å². The molecule has 0 amide bonds. The van der Waals surface area contributed by atoms with Crippen LogP contribution < -0.4 is 18.9 Å². The lowest BCUT2D eigenvalue weighted by Crippen LogP contribution is -2.55. The number of benzene rings is 8. The third-order valence-electron chi connectivity index (χ3n) is 18.2. The normalized spacial score (nSPS) is 18.0. The summed E-state index contributed by atoms with van der Waals surface area (Å²) in [5, 5.41) is 18.2. The molecule has 10 aromatic rings. The van der Waals surface area contributed by atoms with E-state index < -0.39 is 36.4 Å². The molecule has 514 valence electrons. The van der Waals surface area contributed by atoms with Crippen LogP contribution in [0.15, 0.2) is 209 Å². The number of carbonyl (C=O) groups excluding carboxylic acids is 2. The summed E-state index contributed by atoms with van der Waals surface area (Å²) in [6.07, 6.45) is 3.51. The maximum Gasteiger partial charge on any atom is 0.344 e. The summed E-state index contributed by atoms with van der Waals surface area (Å²) in [6, 6.07) is 53.9. The molecule has 16 nitrogen and oxygen atoms in total. The molecule has 0 unspecified atom stereocenters. The van der Waals surface area contributed by atoms with Gasteiger partial charge in [-0.15, -0.1) is 10.2 Å². The zero-order valence-electron chi connectivity index (χ0n) is 58.2. The van der Waals surface area contributed by atoms with Crippen LogP contribution >= 0.6 is 47.0 Å². The highest BCUT2D eigenvalue weighted by atomic mass is 32.2. The van der Waals surface area contributed by atoms with Crippen molar-refractivity contribution in [1.29, 1.82) is 0 Å². The second kappa shape index (κ2) is 27.1. The number of ether oxygens (including phenoxy) is 6. The highest BCUT2D eigenvalue weighted by Gasteiger charge is 2.60. The Hall–Kier alpha value is -8.50. The van der Waals surface area contributed by atoms with Crippen LogP contribution in [-0.2, 0) is 101 Å². The largest absolute Gasteiger partial charge is 0.487 e. The molecule has 0 saturated heterocycles. The standard InChI is InChI=1S/C80H80N6O10S4/c1-75(2,3)51-31-61-71(91-41-49-23-15-13-16-24-49)62(32-51)98-66-36-54(78(10,11)12)38-68-74(66)94-46-70(88)90-44-56-40-86(84-82-56)48-80-59-29-21-19-27-57(59)79(95-96-80,58-28-20-22-30-60(58)80)47-85-39-55(81-83-85)43-89-69(87)45-93-73-65(97-61)35-53(77(7,8)9)37-67(73)99-63-33-52(76(4,5)6)34-64(100-68)72(63)92-42-50-25-17-14-18-26-50/h13-40H,41-48H2,1-12H3. The van der Waals surface area contributed by atoms with Crippen LogP contribution in [0, 0.1) is 0 Å². The maximum absolute atomic E-state index is 14.6. The van der Waals surface area contributed by atoms with Crippen LogP contribution in [0.2, 0.25) is 0 Å². The van der Waals surface area contributed by atoms with Gasteiger partial charge in [-0.1, -0.05) is 250 Å². The zero-order chi connectivity index (χ0) is 69.9. The Kier molecular flexibility index (Phi) is 18.6. The molecule has 0 spiro atoms. The zero-order valence-corrected chi connectivity index (χ0v) is 61.5. The van der Waals surface area contributed by atoms with Crippen molar-refractivity contribution < 1.29 is 47.8 Å². The van der Waals surface area contributed by atoms with Gasteiger partial charge in [-0.05, 0) is 104 Å². The number of aromatic nitrogens is 6. The van der Waals surface area contributed by atoms with E-state index in [1.54, 1.807) is 21.8 Å². The lowest BCUT2D eigenvalue weighted by molar-refractivity contribution is -0.434. The van der Waals surface area contributed by atoms with E-state index in [1.165, 1.54) is 47.0 Å². The van der Waals surface area contributed by atoms with Gasteiger partial charge in [0.25, 0.3) is 0 Å². The Labute approximate surface area is 600 Å². The molecular weight excluding hydrogens is 1330 g/mol. The molecule has 6 aliphatic rings. The number of fused-ring (bicyclic) bond motifs is 8. The molecule has 16 rings (SSSR count). The molecule has 0 N–H and O–H groups in total. The van der Waals surface area contributed by atoms with Gasteiger partial charge in [0, 0.05) is 22.3 Å². The van der Waals surface area contributed by atoms with Crippen LogP contribution in [0.1, 0.15) is 150 Å². The summed E-state index contributed by atoms with van der Waals surface area (Å²) >= 11 is 6.08. The van der Waals surface area contributed by atoms with E-state index in [-0.39, 0.29) is 61.2 Å². The van der Waals surface area contributed by atoms with Gasteiger partial charge in [0.15, 0.2) is 24.4 Å². The van der Waals surface area contributed by atoms with Crippen molar-refractivity contribution >= 4 is 59.0 Å². The van der Waals surface area contributed by atoms with Gasteiger partial charge in [0.1, 0.15) is 60.8 Å². The first-order valence-electron chi connectivity index (χ1n) is 33.5. The number of nitrogens with zero attached hydrogens (tertiary/aromatic N) is 6. The fourth-order valence-corrected chi connectivity index (χ4v) is 17.4. The number of hydrogen-bond donors (Lipinski definition) is 0. The van der Waals surface area contributed by atoms with E-state index in [0.29, 0.717) is 34.4 Å². The monoisotopic (exact) mass is 1410 g/mol. The van der Waals surface area contributed by atoms with E-state index in [4.69, 9.17) is 38.2 Å². The van der Waals surface area contributed by atoms with Gasteiger partial charge in [-0.25, -0.2) is 28.7 Å². The Morgan fingerprint density at radius 1 is 0.390 bits per heavy atom. The summed E-state index contributed by atoms with van der Waals surface area (Å²) < 4.78 is 44.2. The SMILES string of the molecule is CC(C)(C)c1cc2c3c(c1)Sc1cc(C(C)(C)C)cc(c1OCc1ccccc1)Sc1cc(C(C)(C)C)cc(c1OCC(=O)OCc1cn(nn1)CC14OOC(Cn5cc(nn5)COC(=O)CO3)(c3ccccc31)c1ccccc14)Sc1cc(C(C)(C)C)cc(c1OCc1ccccc1)S2. The molecular formula is C80H80N6O10S4. The molecule has 2 aromatic heterocycles. The van der Waals surface area contributed by atoms with Crippen molar-refractivity contribution in [3.05, 3.63) is 237 Å². The average molecular weight is 1410 g/mol. The highest BCUT2D eigenvalue weighted by Crippen LogP contribution is 2.60. The quantitative estimate of drug-likeness (QED) is 0.114. The van der Waals surface area contributed by atoms with Gasteiger partial charge < -0.3 is 28.4 Å². The first kappa shape index (κ1) is 68.6. The predicted octanol–water partition coefficient (Wildman–Crippen LogP) is 17.9. The molecule has 0 fully saturated rings. The second-order valence-corrected chi connectivity index (χ2v) is 34.1. The van der Waals surface area contributed by atoms with Gasteiger partial charge in [-0.2, -0.15) is 0 Å². The first-order valence-corrected chi connectivity index (χ1v) is 36.7. The summed E-state index contributed by atoms with van der Waals surface area (Å²) in [5.41, 5.74) is 6.61. The van der Waals surface area contributed by atoms with E-state index in [2.05, 4.69) is 177 Å². The molecule has 0 atom stereocenters. The lowest BCUT2D eigenvalue weighted by atomic mass is 9.66. The number of esters is 2. The molecule has 8 aromatic carbocycles. The topological polar surface area (TPSA) is 169 Å². The van der Waals surface area contributed by atoms with Crippen molar-refractivity contribution in [1.82, 2.24) is 30.0 Å². The van der Waals surface area contributed by atoms with Crippen LogP contribution in [0.25, 0.3) is 0 Å². The fourth-order valence-electron chi connectivity index (χ4n) is 12.6. The van der Waals surface area contributed by atoms with Gasteiger partial charge in [0.05, 0.1) is 64.6 Å². The van der Waals surface area contributed by atoms with Crippen molar-refractivity contribution in [2.45, 2.75) is 195 Å². The molecule has 20 heteroatoms. The molecule has 100 heavy (non-hydrogen) atoms. The Morgan fingerprint density at radius 3 is 0.980 bits per heavy atom. The van der Waals surface area contributed by atoms with E-state index in [9.17, 15) is 9.59 Å². The van der Waals surface area contributed by atoms with Gasteiger partial charge >= 0.3 is 11.9 Å². The lowest BCUT2D eigenvalue weighted by Gasteiger charge is -2.52. The Morgan fingerprint density at radius 2 is 0.680 bits per heavy atom. The van der Waals surface area contributed by atoms with E-state index in [1.807, 2.05) is 84.9 Å². The van der Waals surface area contributed by atoms with Crippen molar-refractivity contribution in [2.75, 3.05) is 13.2 Å². The van der Waals surface area contributed by atoms with E-state index >= 15 is 0 Å². The number of rotatable bonds is 6. The molecule has 1 aliphatic carbocycles. The number of hydrogen-bond acceptors (Lipinski definition) is 18. The Bertz CT molecular complexity index is 4320. The molecule has 16 bridgehead atoms. The van der Waals surface area contributed by atoms with Crippen molar-refractivity contribution in [3.8, 4) is 23.0 Å². The molecule has 5 aliphatic heterocycles. The molecule has 0 radical (unpaired) electrons. The van der Waals surface area contributed by atoms with Crippen LogP contribution in [0.3, 0.4) is 0 Å². The van der Waals surface area contributed by atoms with E-state index in [0.717, 1.165) is 94.8 Å². The molecule has 7 heterocycles. The number of carbonyl (C=O) groups is 2. The van der Waals surface area contributed by atoms with Crippen molar-refractivity contribution in [2.24, 2.45) is 0 Å². The summed E-state index contributed by atoms with van der Waals surface area (Å²) in [4.78, 5) is 48.8. The predicted molar refractivity (Wildman–Crippen MR) is 386 cm³/mol. The highest BCUT2D eigenvalue weighted by molar-refractivity contribution is 8.01. The third-order valence-corrected chi connectivity index (χ3v) is 22.4. The van der Waals surface area contributed by atoms with Gasteiger partial charge in [0.2, 0.25) is 0 Å². The smallest absolute Gasteiger partial charge is 0.344 e. The minimum Gasteiger partial charge on any atom is -0.487 e. The van der Waals surface area contributed by atoms with Crippen LogP contribution in [0.4, 0.5) is 0 Å². The second-order valence-electron chi connectivity index (χ2n) is 29.8. The molecule has 0 saturated carbocycles. The average Bonchev–Trinajstić information content (AvgIpc) is 0.779. The third kappa shape index (κ3) is 14.2. The summed E-state index contributed by atoms with van der Waals surface area (Å²) in [5.74, 6) is 0.963. The fraction of sp³-hybridized carbons (Fsp3) is 0.325. The first-order chi connectivity index (χ1) is 47.8. The summed E-state index contributed by atoms with van der Waals surface area (Å²) in [7, 11) is 0.